The van der Waals surface area contributed by atoms with E-state index in [1.54, 1.807) is 0 Å². The van der Waals surface area contributed by atoms with Crippen LogP contribution in [0.2, 0.25) is 0 Å². The van der Waals surface area contributed by atoms with E-state index < -0.39 is 0 Å². The van der Waals surface area contributed by atoms with Gasteiger partial charge in [-0.3, -0.25) is 0 Å². The van der Waals surface area contributed by atoms with Gasteiger partial charge in [0.2, 0.25) is 0 Å². The summed E-state index contributed by atoms with van der Waals surface area (Å²) < 4.78 is 0. The molecular formula is C53H44N2. The van der Waals surface area contributed by atoms with Crippen LogP contribution in [0.1, 0.15) is 74.9 Å². The predicted molar refractivity (Wildman–Crippen MR) is 233 cm³/mol. The van der Waals surface area contributed by atoms with Gasteiger partial charge in [-0.15, -0.1) is 0 Å². The monoisotopic (exact) mass is 708 g/mol. The van der Waals surface area contributed by atoms with E-state index >= 15 is 0 Å². The molecule has 0 atom stereocenters. The van der Waals surface area contributed by atoms with Gasteiger partial charge in [0, 0.05) is 27.6 Å². The van der Waals surface area contributed by atoms with Crippen LogP contribution in [0.3, 0.4) is 0 Å². The average molecular weight is 709 g/mol. The van der Waals surface area contributed by atoms with E-state index in [9.17, 15) is 0 Å². The predicted octanol–water partition coefficient (Wildman–Crippen LogP) is 14.5. The Morgan fingerprint density at radius 2 is 0.709 bits per heavy atom. The van der Waals surface area contributed by atoms with Crippen molar-refractivity contribution in [3.63, 3.8) is 0 Å². The molecule has 8 aromatic rings. The number of rotatable bonds is 2. The molecule has 0 fully saturated rings. The normalized spacial score (nSPS) is 16.5. The molecule has 8 aromatic carbocycles. The summed E-state index contributed by atoms with van der Waals surface area (Å²) in [5.74, 6) is 0. The molecule has 0 spiro atoms. The molecule has 0 saturated heterocycles. The molecule has 0 N–H and O–H groups in total. The van der Waals surface area contributed by atoms with Crippen LogP contribution in [-0.4, -0.2) is 0 Å². The fourth-order valence-corrected chi connectivity index (χ4v) is 10.4. The van der Waals surface area contributed by atoms with Gasteiger partial charge in [0.05, 0.1) is 22.7 Å². The van der Waals surface area contributed by atoms with Crippen molar-refractivity contribution in [3.05, 3.63) is 191 Å². The molecule has 11 rings (SSSR count). The van der Waals surface area contributed by atoms with Crippen LogP contribution in [0, 0.1) is 0 Å². The third kappa shape index (κ3) is 4.37. The SMILES string of the molecule is CC1(C)c2ccccc2-c2cc3c(cc21)C(C)(C)c1ccccc1N3c1ccc2cc3cc(N4c5ccccc5C(C)(C)c5ccccc54)ccc3cc2c1. The van der Waals surface area contributed by atoms with Gasteiger partial charge in [0.15, 0.2) is 0 Å². The minimum Gasteiger partial charge on any atom is -0.310 e. The molecular weight excluding hydrogens is 665 g/mol. The summed E-state index contributed by atoms with van der Waals surface area (Å²) in [6.45, 7) is 14.2. The molecule has 1 aliphatic carbocycles. The van der Waals surface area contributed by atoms with E-state index in [0.717, 1.165) is 0 Å². The largest absolute Gasteiger partial charge is 0.310 e. The van der Waals surface area contributed by atoms with Crippen molar-refractivity contribution < 1.29 is 0 Å². The van der Waals surface area contributed by atoms with Crippen molar-refractivity contribution in [3.8, 4) is 11.1 Å². The first-order valence-electron chi connectivity index (χ1n) is 19.7. The van der Waals surface area contributed by atoms with Crippen molar-refractivity contribution in [1.82, 2.24) is 0 Å². The van der Waals surface area contributed by atoms with Crippen LogP contribution < -0.4 is 9.80 Å². The second-order valence-corrected chi connectivity index (χ2v) is 17.5. The van der Waals surface area contributed by atoms with Crippen molar-refractivity contribution in [1.29, 1.82) is 0 Å². The zero-order valence-electron chi connectivity index (χ0n) is 32.4. The molecule has 2 aliphatic heterocycles. The fraction of sp³-hybridized carbons (Fsp3) is 0.170. The summed E-state index contributed by atoms with van der Waals surface area (Å²) in [6, 6.07) is 59.5. The third-order valence-corrected chi connectivity index (χ3v) is 13.3. The summed E-state index contributed by atoms with van der Waals surface area (Å²) >= 11 is 0. The Hall–Kier alpha value is -6.12. The van der Waals surface area contributed by atoms with Gasteiger partial charge in [0.25, 0.3) is 0 Å². The van der Waals surface area contributed by atoms with Crippen LogP contribution in [0.25, 0.3) is 32.7 Å². The zero-order chi connectivity index (χ0) is 37.4. The highest BCUT2D eigenvalue weighted by Gasteiger charge is 2.42. The second-order valence-electron chi connectivity index (χ2n) is 17.5. The minimum atomic E-state index is -0.155. The van der Waals surface area contributed by atoms with Crippen LogP contribution in [0.5, 0.6) is 0 Å². The Kier molecular flexibility index (Phi) is 6.45. The smallest absolute Gasteiger partial charge is 0.0509 e. The third-order valence-electron chi connectivity index (χ3n) is 13.3. The number of nitrogens with zero attached hydrogens (tertiary/aromatic N) is 2. The van der Waals surface area contributed by atoms with E-state index in [-0.39, 0.29) is 16.2 Å². The van der Waals surface area contributed by atoms with Crippen LogP contribution in [0.4, 0.5) is 34.1 Å². The van der Waals surface area contributed by atoms with Crippen molar-refractivity contribution in [2.45, 2.75) is 57.8 Å². The zero-order valence-corrected chi connectivity index (χ0v) is 32.4. The molecule has 0 saturated carbocycles. The van der Waals surface area contributed by atoms with Crippen molar-refractivity contribution >= 4 is 55.7 Å². The summed E-state index contributed by atoms with van der Waals surface area (Å²) in [5, 5.41) is 4.96. The van der Waals surface area contributed by atoms with Crippen molar-refractivity contribution in [2.75, 3.05) is 9.80 Å². The van der Waals surface area contributed by atoms with Gasteiger partial charge in [-0.05, 0) is 127 Å². The lowest BCUT2D eigenvalue weighted by atomic mass is 9.71. The average Bonchev–Trinajstić information content (AvgIpc) is 3.42. The first-order valence-corrected chi connectivity index (χ1v) is 19.7. The highest BCUT2D eigenvalue weighted by atomic mass is 15.2. The molecule has 0 unspecified atom stereocenters. The molecule has 2 heteroatoms. The highest BCUT2D eigenvalue weighted by Crippen LogP contribution is 2.58. The van der Waals surface area contributed by atoms with Gasteiger partial charge < -0.3 is 9.80 Å². The summed E-state index contributed by atoms with van der Waals surface area (Å²) in [6.07, 6.45) is 0. The molecule has 3 aliphatic rings. The van der Waals surface area contributed by atoms with Crippen molar-refractivity contribution in [2.24, 2.45) is 0 Å². The summed E-state index contributed by atoms with van der Waals surface area (Å²) in [4.78, 5) is 4.97. The quantitative estimate of drug-likeness (QED) is 0.165. The Morgan fingerprint density at radius 3 is 1.24 bits per heavy atom. The standard InChI is InChI=1S/C53H44N2/c1-51(2)41-16-8-7-15-39(41)40-31-50-46(32-45(40)51)53(5,6)44-19-11-14-22-49(44)55(50)38-26-24-34-27-35-29-37(25-23-33(35)28-36(34)30-38)54-47-20-12-9-17-42(47)52(3,4)43-18-10-13-21-48(43)54/h7-32H,1-6H3. The molecule has 266 valence electrons. The molecule has 0 amide bonds. The maximum Gasteiger partial charge on any atom is 0.0509 e. The number of hydrogen-bond donors (Lipinski definition) is 0. The topological polar surface area (TPSA) is 6.48 Å². The van der Waals surface area contributed by atoms with E-state index in [1.165, 1.54) is 100 Å². The number of para-hydroxylation sites is 3. The Bertz CT molecular complexity index is 2880. The first kappa shape index (κ1) is 32.3. The van der Waals surface area contributed by atoms with Gasteiger partial charge in [0.1, 0.15) is 0 Å². The van der Waals surface area contributed by atoms with Gasteiger partial charge in [-0.1, -0.05) is 139 Å². The second kappa shape index (κ2) is 11.0. The molecule has 0 aromatic heterocycles. The Balaban J connectivity index is 1.06. The van der Waals surface area contributed by atoms with Gasteiger partial charge in [-0.2, -0.15) is 0 Å². The summed E-state index contributed by atoms with van der Waals surface area (Å²) in [5.41, 5.74) is 18.1. The van der Waals surface area contributed by atoms with Crippen LogP contribution in [0.15, 0.2) is 158 Å². The van der Waals surface area contributed by atoms with E-state index in [0.29, 0.717) is 0 Å². The lowest BCUT2D eigenvalue weighted by Crippen LogP contribution is -2.31. The molecule has 55 heavy (non-hydrogen) atoms. The van der Waals surface area contributed by atoms with E-state index in [2.05, 4.69) is 209 Å². The highest BCUT2D eigenvalue weighted by molar-refractivity contribution is 6.03. The number of hydrogen-bond acceptors (Lipinski definition) is 2. The molecule has 0 radical (unpaired) electrons. The number of benzene rings is 8. The van der Waals surface area contributed by atoms with Gasteiger partial charge in [-0.25, -0.2) is 0 Å². The van der Waals surface area contributed by atoms with E-state index in [1.807, 2.05) is 0 Å². The van der Waals surface area contributed by atoms with E-state index in [4.69, 9.17) is 0 Å². The van der Waals surface area contributed by atoms with Crippen LogP contribution in [-0.2, 0) is 16.2 Å². The fourth-order valence-electron chi connectivity index (χ4n) is 10.4. The summed E-state index contributed by atoms with van der Waals surface area (Å²) in [7, 11) is 0. The molecule has 2 nitrogen and oxygen atoms in total. The van der Waals surface area contributed by atoms with Crippen LogP contribution >= 0.6 is 0 Å². The first-order chi connectivity index (χ1) is 26.5. The Morgan fingerprint density at radius 1 is 0.291 bits per heavy atom. The van der Waals surface area contributed by atoms with Gasteiger partial charge >= 0.3 is 0 Å². The lowest BCUT2D eigenvalue weighted by Gasteiger charge is -2.43. The Labute approximate surface area is 324 Å². The lowest BCUT2D eigenvalue weighted by molar-refractivity contribution is 0.620. The molecule has 0 bridgehead atoms. The number of fused-ring (bicyclic) bond motifs is 9. The maximum atomic E-state index is 2.53. The minimum absolute atomic E-state index is 0.0555. The molecule has 2 heterocycles. The number of anilines is 6. The maximum absolute atomic E-state index is 2.53.